The molecule has 2 heterocycles. The normalized spacial score (nSPS) is 10.7. The van der Waals surface area contributed by atoms with Crippen molar-refractivity contribution in [1.29, 1.82) is 0 Å². The highest BCUT2D eigenvalue weighted by atomic mass is 32.1. The van der Waals surface area contributed by atoms with Crippen LogP contribution in [0, 0.1) is 0 Å². The SMILES string of the molecule is c1ccc(-c2csc(-c3cc(-c4ccccc4)cs3)c2)cc1. The maximum absolute atomic E-state index is 2.29. The summed E-state index contributed by atoms with van der Waals surface area (Å²) < 4.78 is 0. The number of rotatable bonds is 3. The summed E-state index contributed by atoms with van der Waals surface area (Å²) in [4.78, 5) is 2.68. The maximum atomic E-state index is 2.29. The molecule has 2 heteroatoms. The molecule has 0 fully saturated rings. The van der Waals surface area contributed by atoms with Gasteiger partial charge in [0.25, 0.3) is 0 Å². The monoisotopic (exact) mass is 318 g/mol. The molecule has 0 nitrogen and oxygen atoms in total. The van der Waals surface area contributed by atoms with E-state index in [1.165, 1.54) is 32.0 Å². The molecule has 2 aromatic heterocycles. The zero-order valence-electron chi connectivity index (χ0n) is 11.9. The number of benzene rings is 2. The summed E-state index contributed by atoms with van der Waals surface area (Å²) >= 11 is 3.63. The molecule has 0 aliphatic heterocycles. The molecule has 22 heavy (non-hydrogen) atoms. The lowest BCUT2D eigenvalue weighted by atomic mass is 10.1. The molecule has 106 valence electrons. The van der Waals surface area contributed by atoms with Crippen molar-refractivity contribution in [2.24, 2.45) is 0 Å². The Balaban J connectivity index is 1.66. The van der Waals surface area contributed by atoms with Crippen LogP contribution in [0.5, 0.6) is 0 Å². The van der Waals surface area contributed by atoms with Gasteiger partial charge < -0.3 is 0 Å². The quantitative estimate of drug-likeness (QED) is 0.389. The zero-order valence-corrected chi connectivity index (χ0v) is 13.5. The lowest BCUT2D eigenvalue weighted by molar-refractivity contribution is 1.67. The van der Waals surface area contributed by atoms with Gasteiger partial charge in [0.2, 0.25) is 0 Å². The second-order valence-electron chi connectivity index (χ2n) is 5.13. The lowest BCUT2D eigenvalue weighted by Gasteiger charge is -1.95. The van der Waals surface area contributed by atoms with Crippen LogP contribution >= 0.6 is 22.7 Å². The molecule has 0 saturated carbocycles. The summed E-state index contributed by atoms with van der Waals surface area (Å²) in [5, 5.41) is 4.49. The molecule has 0 bridgehead atoms. The van der Waals surface area contributed by atoms with Crippen molar-refractivity contribution in [2.75, 3.05) is 0 Å². The van der Waals surface area contributed by atoms with Crippen LogP contribution in [0.1, 0.15) is 0 Å². The molecule has 0 aliphatic carbocycles. The number of thiophene rings is 2. The first-order valence-corrected chi connectivity index (χ1v) is 8.94. The van der Waals surface area contributed by atoms with Crippen LogP contribution in [-0.4, -0.2) is 0 Å². The Morgan fingerprint density at radius 2 is 0.864 bits per heavy atom. The predicted octanol–water partition coefficient (Wildman–Crippen LogP) is 6.81. The van der Waals surface area contributed by atoms with E-state index in [1.807, 2.05) is 22.7 Å². The minimum atomic E-state index is 1.28. The van der Waals surface area contributed by atoms with E-state index < -0.39 is 0 Å². The topological polar surface area (TPSA) is 0 Å². The zero-order chi connectivity index (χ0) is 14.8. The molecular formula is C20H14S2. The number of hydrogen-bond donors (Lipinski definition) is 0. The third-order valence-electron chi connectivity index (χ3n) is 3.66. The van der Waals surface area contributed by atoms with Gasteiger partial charge in [-0.15, -0.1) is 22.7 Å². The summed E-state index contributed by atoms with van der Waals surface area (Å²) in [5.74, 6) is 0. The Morgan fingerprint density at radius 1 is 0.455 bits per heavy atom. The van der Waals surface area contributed by atoms with Gasteiger partial charge in [-0.2, -0.15) is 0 Å². The fraction of sp³-hybridized carbons (Fsp3) is 0. The van der Waals surface area contributed by atoms with Crippen molar-refractivity contribution >= 4 is 22.7 Å². The van der Waals surface area contributed by atoms with Gasteiger partial charge in [0, 0.05) is 9.75 Å². The Hall–Kier alpha value is -2.16. The standard InChI is InChI=1S/C20H14S2/c1-3-7-15(8-4-1)17-11-19(21-13-17)20-12-18(14-22-20)16-9-5-2-6-10-16/h1-14H. The highest BCUT2D eigenvalue weighted by molar-refractivity contribution is 7.20. The van der Waals surface area contributed by atoms with E-state index in [-0.39, 0.29) is 0 Å². The van der Waals surface area contributed by atoms with Gasteiger partial charge >= 0.3 is 0 Å². The van der Waals surface area contributed by atoms with E-state index in [1.54, 1.807) is 0 Å². The van der Waals surface area contributed by atoms with E-state index in [4.69, 9.17) is 0 Å². The average molecular weight is 318 g/mol. The minimum Gasteiger partial charge on any atom is -0.142 e. The third-order valence-corrected chi connectivity index (χ3v) is 5.71. The van der Waals surface area contributed by atoms with Gasteiger partial charge in [-0.3, -0.25) is 0 Å². The van der Waals surface area contributed by atoms with Crippen molar-refractivity contribution in [3.05, 3.63) is 83.6 Å². The smallest absolute Gasteiger partial charge is 0.0449 e. The van der Waals surface area contributed by atoms with Crippen LogP contribution < -0.4 is 0 Å². The summed E-state index contributed by atoms with van der Waals surface area (Å²) in [6.45, 7) is 0. The van der Waals surface area contributed by atoms with Gasteiger partial charge in [-0.1, -0.05) is 60.7 Å². The summed E-state index contributed by atoms with van der Waals surface area (Å²) in [5.41, 5.74) is 5.17. The van der Waals surface area contributed by atoms with Gasteiger partial charge in [0.1, 0.15) is 0 Å². The predicted molar refractivity (Wildman–Crippen MR) is 98.5 cm³/mol. The Morgan fingerprint density at radius 3 is 1.27 bits per heavy atom. The minimum absolute atomic E-state index is 1.28. The van der Waals surface area contributed by atoms with Crippen LogP contribution in [0.2, 0.25) is 0 Å². The van der Waals surface area contributed by atoms with Crippen molar-refractivity contribution in [2.45, 2.75) is 0 Å². The van der Waals surface area contributed by atoms with Gasteiger partial charge in [-0.05, 0) is 45.1 Å². The second-order valence-corrected chi connectivity index (χ2v) is 6.95. The first-order valence-electron chi connectivity index (χ1n) is 7.18. The molecule has 0 N–H and O–H groups in total. The molecule has 0 spiro atoms. The summed E-state index contributed by atoms with van der Waals surface area (Å²) in [6.07, 6.45) is 0. The summed E-state index contributed by atoms with van der Waals surface area (Å²) in [7, 11) is 0. The Labute approximate surface area is 138 Å². The van der Waals surface area contributed by atoms with Crippen molar-refractivity contribution in [3.8, 4) is 32.0 Å². The molecule has 2 aromatic carbocycles. The van der Waals surface area contributed by atoms with Crippen LogP contribution in [0.4, 0.5) is 0 Å². The van der Waals surface area contributed by atoms with E-state index in [0.29, 0.717) is 0 Å². The van der Waals surface area contributed by atoms with Crippen LogP contribution in [0.3, 0.4) is 0 Å². The molecule has 0 unspecified atom stereocenters. The largest absolute Gasteiger partial charge is 0.142 e. The molecule has 4 aromatic rings. The van der Waals surface area contributed by atoms with Crippen molar-refractivity contribution in [3.63, 3.8) is 0 Å². The first-order chi connectivity index (χ1) is 10.9. The first kappa shape index (κ1) is 13.5. The van der Waals surface area contributed by atoms with Crippen LogP contribution in [0.25, 0.3) is 32.0 Å². The average Bonchev–Trinajstić information content (AvgIpc) is 3.26. The highest BCUT2D eigenvalue weighted by Gasteiger charge is 2.08. The van der Waals surface area contributed by atoms with Gasteiger partial charge in [-0.25, -0.2) is 0 Å². The fourth-order valence-corrected chi connectivity index (χ4v) is 4.44. The third kappa shape index (κ3) is 2.63. The van der Waals surface area contributed by atoms with E-state index in [0.717, 1.165) is 0 Å². The van der Waals surface area contributed by atoms with Crippen molar-refractivity contribution in [1.82, 2.24) is 0 Å². The van der Waals surface area contributed by atoms with Crippen LogP contribution in [-0.2, 0) is 0 Å². The van der Waals surface area contributed by atoms with E-state index in [9.17, 15) is 0 Å². The molecule has 4 rings (SSSR count). The molecule has 0 amide bonds. The molecule has 0 saturated heterocycles. The summed E-state index contributed by atoms with van der Waals surface area (Å²) in [6, 6.07) is 25.7. The molecular weight excluding hydrogens is 304 g/mol. The Kier molecular flexibility index (Phi) is 3.63. The lowest BCUT2D eigenvalue weighted by Crippen LogP contribution is -1.71. The second kappa shape index (κ2) is 5.91. The van der Waals surface area contributed by atoms with E-state index >= 15 is 0 Å². The maximum Gasteiger partial charge on any atom is 0.0449 e. The van der Waals surface area contributed by atoms with Gasteiger partial charge in [0.05, 0.1) is 0 Å². The Bertz CT molecular complexity index is 794. The van der Waals surface area contributed by atoms with Gasteiger partial charge in [0.15, 0.2) is 0 Å². The molecule has 0 radical (unpaired) electrons. The molecule has 0 aliphatic rings. The van der Waals surface area contributed by atoms with Crippen molar-refractivity contribution < 1.29 is 0 Å². The fourth-order valence-electron chi connectivity index (χ4n) is 2.49. The number of hydrogen-bond acceptors (Lipinski definition) is 2. The van der Waals surface area contributed by atoms with Crippen LogP contribution in [0.15, 0.2) is 83.6 Å². The highest BCUT2D eigenvalue weighted by Crippen LogP contribution is 2.38. The van der Waals surface area contributed by atoms with E-state index in [2.05, 4.69) is 83.6 Å². The molecule has 0 atom stereocenters.